The van der Waals surface area contributed by atoms with Gasteiger partial charge in [0.25, 0.3) is 0 Å². The molecular weight excluding hydrogens is 140 g/mol. The van der Waals surface area contributed by atoms with E-state index >= 15 is 0 Å². The molecule has 2 heteroatoms. The Morgan fingerprint density at radius 1 is 1.36 bits per heavy atom. The molecule has 0 bridgehead atoms. The molecule has 0 atom stereocenters. The van der Waals surface area contributed by atoms with Crippen LogP contribution in [0, 0.1) is 5.41 Å². The molecule has 0 heterocycles. The van der Waals surface area contributed by atoms with E-state index in [9.17, 15) is 0 Å². The summed E-state index contributed by atoms with van der Waals surface area (Å²) >= 11 is 0. The number of hydrogen-bond acceptors (Lipinski definition) is 2. The molecule has 0 aromatic rings. The average Bonchev–Trinajstić information content (AvgIpc) is 2.00. The van der Waals surface area contributed by atoms with E-state index in [-0.39, 0.29) is 18.6 Å². The van der Waals surface area contributed by atoms with Gasteiger partial charge in [-0.05, 0) is 19.8 Å². The summed E-state index contributed by atoms with van der Waals surface area (Å²) in [4.78, 5) is 0. The van der Waals surface area contributed by atoms with Crippen molar-refractivity contribution in [3.63, 3.8) is 0 Å². The number of aliphatic hydroxyl groups excluding tert-OH is 2. The first kappa shape index (κ1) is 10.7. The SMILES string of the molecule is C=C(C)CCC(C)(CO)CO. The molecule has 0 aliphatic heterocycles. The quantitative estimate of drug-likeness (QED) is 0.593. The molecule has 0 rings (SSSR count). The van der Waals surface area contributed by atoms with E-state index in [0.717, 1.165) is 18.4 Å². The van der Waals surface area contributed by atoms with Gasteiger partial charge in [0.2, 0.25) is 0 Å². The molecule has 2 nitrogen and oxygen atoms in total. The van der Waals surface area contributed by atoms with E-state index in [1.165, 1.54) is 0 Å². The maximum atomic E-state index is 8.91. The van der Waals surface area contributed by atoms with Crippen LogP contribution in [-0.2, 0) is 0 Å². The number of aliphatic hydroxyl groups is 2. The van der Waals surface area contributed by atoms with Crippen molar-refractivity contribution in [3.8, 4) is 0 Å². The Hall–Kier alpha value is -0.340. The number of hydrogen-bond donors (Lipinski definition) is 2. The van der Waals surface area contributed by atoms with Crippen molar-refractivity contribution in [2.45, 2.75) is 26.7 Å². The van der Waals surface area contributed by atoms with Crippen molar-refractivity contribution < 1.29 is 10.2 Å². The van der Waals surface area contributed by atoms with Gasteiger partial charge in [0.15, 0.2) is 0 Å². The summed E-state index contributed by atoms with van der Waals surface area (Å²) in [7, 11) is 0. The molecule has 0 aromatic carbocycles. The number of rotatable bonds is 5. The standard InChI is InChI=1S/C9H18O2/c1-8(2)4-5-9(3,6-10)7-11/h10-11H,1,4-7H2,2-3H3. The first-order valence-corrected chi connectivity index (χ1v) is 3.90. The van der Waals surface area contributed by atoms with Gasteiger partial charge in [-0.1, -0.05) is 12.5 Å². The van der Waals surface area contributed by atoms with E-state index < -0.39 is 0 Å². The minimum Gasteiger partial charge on any atom is -0.396 e. The third kappa shape index (κ3) is 4.17. The van der Waals surface area contributed by atoms with Crippen LogP contribution in [-0.4, -0.2) is 23.4 Å². The average molecular weight is 158 g/mol. The monoisotopic (exact) mass is 158 g/mol. The lowest BCUT2D eigenvalue weighted by Crippen LogP contribution is -2.25. The molecule has 0 amide bonds. The van der Waals surface area contributed by atoms with Crippen molar-refractivity contribution in [1.82, 2.24) is 0 Å². The van der Waals surface area contributed by atoms with Crippen LogP contribution in [0.4, 0.5) is 0 Å². The summed E-state index contributed by atoms with van der Waals surface area (Å²) < 4.78 is 0. The summed E-state index contributed by atoms with van der Waals surface area (Å²) in [5, 5.41) is 17.8. The summed E-state index contributed by atoms with van der Waals surface area (Å²) in [6, 6.07) is 0. The van der Waals surface area contributed by atoms with Crippen LogP contribution >= 0.6 is 0 Å². The van der Waals surface area contributed by atoms with E-state index in [1.54, 1.807) is 0 Å². The highest BCUT2D eigenvalue weighted by Gasteiger charge is 2.21. The molecule has 66 valence electrons. The molecular formula is C9H18O2. The molecule has 11 heavy (non-hydrogen) atoms. The van der Waals surface area contributed by atoms with Crippen molar-refractivity contribution in [3.05, 3.63) is 12.2 Å². The lowest BCUT2D eigenvalue weighted by molar-refractivity contribution is 0.0632. The van der Waals surface area contributed by atoms with Gasteiger partial charge in [0.05, 0.1) is 13.2 Å². The maximum Gasteiger partial charge on any atom is 0.0506 e. The summed E-state index contributed by atoms with van der Waals surface area (Å²) in [6.07, 6.45) is 1.67. The fourth-order valence-corrected chi connectivity index (χ4v) is 0.723. The minimum atomic E-state index is -0.334. The zero-order valence-electron chi connectivity index (χ0n) is 7.43. The molecule has 0 fully saturated rings. The van der Waals surface area contributed by atoms with Gasteiger partial charge in [-0.15, -0.1) is 6.58 Å². The largest absolute Gasteiger partial charge is 0.396 e. The molecule has 0 unspecified atom stereocenters. The van der Waals surface area contributed by atoms with Gasteiger partial charge >= 0.3 is 0 Å². The first-order valence-electron chi connectivity index (χ1n) is 3.90. The highest BCUT2D eigenvalue weighted by Crippen LogP contribution is 2.23. The third-order valence-corrected chi connectivity index (χ3v) is 1.92. The topological polar surface area (TPSA) is 40.5 Å². The van der Waals surface area contributed by atoms with E-state index in [0.29, 0.717) is 0 Å². The van der Waals surface area contributed by atoms with Gasteiger partial charge in [0, 0.05) is 5.41 Å². The second-order valence-electron chi connectivity index (χ2n) is 3.58. The van der Waals surface area contributed by atoms with Crippen LogP contribution in [0.1, 0.15) is 26.7 Å². The third-order valence-electron chi connectivity index (χ3n) is 1.92. The molecule has 0 radical (unpaired) electrons. The predicted molar refractivity (Wildman–Crippen MR) is 46.3 cm³/mol. The Morgan fingerprint density at radius 3 is 2.09 bits per heavy atom. The maximum absolute atomic E-state index is 8.91. The summed E-state index contributed by atoms with van der Waals surface area (Å²) in [5.41, 5.74) is 0.761. The van der Waals surface area contributed by atoms with Crippen LogP contribution in [0.3, 0.4) is 0 Å². The Balaban J connectivity index is 3.78. The molecule has 2 N–H and O–H groups in total. The Labute approximate surface area is 68.6 Å². The fourth-order valence-electron chi connectivity index (χ4n) is 0.723. The fraction of sp³-hybridized carbons (Fsp3) is 0.778. The van der Waals surface area contributed by atoms with Crippen LogP contribution in [0.15, 0.2) is 12.2 Å². The highest BCUT2D eigenvalue weighted by molar-refractivity contribution is 4.90. The summed E-state index contributed by atoms with van der Waals surface area (Å²) in [5.74, 6) is 0. The second-order valence-corrected chi connectivity index (χ2v) is 3.58. The highest BCUT2D eigenvalue weighted by atomic mass is 16.3. The lowest BCUT2D eigenvalue weighted by Gasteiger charge is -2.24. The molecule has 0 aliphatic carbocycles. The second kappa shape index (κ2) is 4.52. The van der Waals surface area contributed by atoms with Gasteiger partial charge in [0.1, 0.15) is 0 Å². The Kier molecular flexibility index (Phi) is 4.38. The number of allylic oxidation sites excluding steroid dienone is 1. The van der Waals surface area contributed by atoms with E-state index in [1.807, 2.05) is 13.8 Å². The molecule has 0 saturated carbocycles. The molecule has 0 aliphatic rings. The van der Waals surface area contributed by atoms with Crippen LogP contribution in [0.25, 0.3) is 0 Å². The Bertz CT molecular complexity index is 126. The van der Waals surface area contributed by atoms with Crippen LogP contribution < -0.4 is 0 Å². The van der Waals surface area contributed by atoms with Crippen LogP contribution in [0.5, 0.6) is 0 Å². The van der Waals surface area contributed by atoms with E-state index in [2.05, 4.69) is 6.58 Å². The Morgan fingerprint density at radius 2 is 1.82 bits per heavy atom. The molecule has 0 saturated heterocycles. The zero-order valence-corrected chi connectivity index (χ0v) is 7.43. The van der Waals surface area contributed by atoms with Crippen molar-refractivity contribution in [2.75, 3.05) is 13.2 Å². The van der Waals surface area contributed by atoms with E-state index in [4.69, 9.17) is 10.2 Å². The molecule has 0 aromatic heterocycles. The van der Waals surface area contributed by atoms with Gasteiger partial charge in [-0.25, -0.2) is 0 Å². The molecule has 0 spiro atoms. The lowest BCUT2D eigenvalue weighted by atomic mass is 9.86. The van der Waals surface area contributed by atoms with Crippen molar-refractivity contribution in [1.29, 1.82) is 0 Å². The normalized spacial score (nSPS) is 11.6. The first-order chi connectivity index (χ1) is 5.04. The van der Waals surface area contributed by atoms with Gasteiger partial charge < -0.3 is 10.2 Å². The van der Waals surface area contributed by atoms with Crippen molar-refractivity contribution >= 4 is 0 Å². The van der Waals surface area contributed by atoms with Crippen molar-refractivity contribution in [2.24, 2.45) is 5.41 Å². The van der Waals surface area contributed by atoms with Gasteiger partial charge in [-0.2, -0.15) is 0 Å². The summed E-state index contributed by atoms with van der Waals surface area (Å²) in [6.45, 7) is 7.66. The zero-order chi connectivity index (χ0) is 8.91. The predicted octanol–water partition coefficient (Wildman–Crippen LogP) is 1.33. The van der Waals surface area contributed by atoms with Crippen LogP contribution in [0.2, 0.25) is 0 Å². The smallest absolute Gasteiger partial charge is 0.0506 e. The van der Waals surface area contributed by atoms with Gasteiger partial charge in [-0.3, -0.25) is 0 Å². The minimum absolute atomic E-state index is 0.0385.